The number of hydrogen-bond acceptors (Lipinski definition) is 6. The van der Waals surface area contributed by atoms with Gasteiger partial charge in [-0.25, -0.2) is 13.7 Å². The van der Waals surface area contributed by atoms with E-state index in [9.17, 15) is 23.2 Å². The van der Waals surface area contributed by atoms with Crippen molar-refractivity contribution in [3.8, 4) is 0 Å². The number of hydrogen-bond donors (Lipinski definition) is 1. The fourth-order valence-electron chi connectivity index (χ4n) is 3.15. The first-order valence-corrected chi connectivity index (χ1v) is 8.78. The molecule has 29 heavy (non-hydrogen) atoms. The van der Waals surface area contributed by atoms with Crippen LogP contribution in [-0.4, -0.2) is 41.4 Å². The summed E-state index contributed by atoms with van der Waals surface area (Å²) in [5, 5.41) is 10.9. The summed E-state index contributed by atoms with van der Waals surface area (Å²) in [7, 11) is 0. The number of carbonyl (C=O) groups is 3. The van der Waals surface area contributed by atoms with Crippen molar-refractivity contribution in [1.82, 2.24) is 5.01 Å². The first-order valence-electron chi connectivity index (χ1n) is 8.41. The molecule has 2 aliphatic heterocycles. The van der Waals surface area contributed by atoms with Gasteiger partial charge in [-0.1, -0.05) is 22.9 Å². The van der Waals surface area contributed by atoms with Crippen LogP contribution in [0, 0.1) is 11.6 Å². The highest BCUT2D eigenvalue weighted by molar-refractivity contribution is 6.32. The van der Waals surface area contributed by atoms with Gasteiger partial charge in [-0.15, -0.1) is 0 Å². The van der Waals surface area contributed by atoms with Gasteiger partial charge < -0.3 is 5.32 Å². The third-order valence-electron chi connectivity index (χ3n) is 4.43. The van der Waals surface area contributed by atoms with Crippen molar-refractivity contribution in [1.29, 1.82) is 0 Å². The molecule has 2 atom stereocenters. The summed E-state index contributed by atoms with van der Waals surface area (Å²) in [6, 6.07) is 6.52. The highest BCUT2D eigenvalue weighted by Gasteiger charge is 2.55. The standard InChI is InChI=1S/C18H12ClF2N5O3/c19-12-7-11(4-5-13(12)21)26-17(28)15-16(18(26)29)25(24-23-15)8-14(27)22-10-3-1-2-9(20)6-10/h1-7,15-16H,8H2,(H,22,27)/t15-,16-/m0/s1. The summed E-state index contributed by atoms with van der Waals surface area (Å²) in [5.74, 6) is -3.09. The molecule has 0 unspecified atom stereocenters. The maximum absolute atomic E-state index is 13.4. The summed E-state index contributed by atoms with van der Waals surface area (Å²) >= 11 is 5.74. The average molecular weight is 420 g/mol. The number of halogens is 3. The molecule has 4 rings (SSSR count). The van der Waals surface area contributed by atoms with Crippen molar-refractivity contribution in [3.05, 3.63) is 59.1 Å². The van der Waals surface area contributed by atoms with Crippen LogP contribution in [0.4, 0.5) is 20.2 Å². The van der Waals surface area contributed by atoms with Crippen LogP contribution in [0.3, 0.4) is 0 Å². The van der Waals surface area contributed by atoms with Crippen LogP contribution in [0.25, 0.3) is 0 Å². The van der Waals surface area contributed by atoms with E-state index in [0.29, 0.717) is 0 Å². The van der Waals surface area contributed by atoms with Gasteiger partial charge in [-0.05, 0) is 36.4 Å². The van der Waals surface area contributed by atoms with Gasteiger partial charge in [-0.2, -0.15) is 5.11 Å². The zero-order chi connectivity index (χ0) is 20.7. The van der Waals surface area contributed by atoms with Crippen molar-refractivity contribution in [2.24, 2.45) is 10.3 Å². The fraction of sp³-hybridized carbons (Fsp3) is 0.167. The van der Waals surface area contributed by atoms with E-state index in [1.165, 1.54) is 24.3 Å². The van der Waals surface area contributed by atoms with Gasteiger partial charge in [0.25, 0.3) is 11.8 Å². The summed E-state index contributed by atoms with van der Waals surface area (Å²) < 4.78 is 26.6. The van der Waals surface area contributed by atoms with Crippen molar-refractivity contribution >= 4 is 40.7 Å². The Morgan fingerprint density at radius 2 is 1.93 bits per heavy atom. The number of nitrogens with zero attached hydrogens (tertiary/aromatic N) is 4. The Bertz CT molecular complexity index is 1060. The van der Waals surface area contributed by atoms with Crippen molar-refractivity contribution in [2.45, 2.75) is 12.1 Å². The normalized spacial score (nSPS) is 20.4. The molecule has 0 bridgehead atoms. The van der Waals surface area contributed by atoms with Gasteiger partial charge in [0, 0.05) is 5.69 Å². The van der Waals surface area contributed by atoms with Gasteiger partial charge in [-0.3, -0.25) is 19.4 Å². The highest BCUT2D eigenvalue weighted by atomic mass is 35.5. The molecule has 1 saturated heterocycles. The van der Waals surface area contributed by atoms with Crippen LogP contribution in [0.15, 0.2) is 52.8 Å². The van der Waals surface area contributed by atoms with E-state index in [1.807, 2.05) is 0 Å². The highest BCUT2D eigenvalue weighted by Crippen LogP contribution is 2.33. The maximum Gasteiger partial charge on any atom is 0.263 e. The number of fused-ring (bicyclic) bond motifs is 1. The van der Waals surface area contributed by atoms with Crippen LogP contribution in [0.2, 0.25) is 5.02 Å². The minimum atomic E-state index is -1.12. The second kappa shape index (κ2) is 7.21. The number of rotatable bonds is 4. The quantitative estimate of drug-likeness (QED) is 0.770. The molecular weight excluding hydrogens is 408 g/mol. The second-order valence-electron chi connectivity index (χ2n) is 6.36. The molecule has 2 heterocycles. The Balaban J connectivity index is 1.50. The van der Waals surface area contributed by atoms with Gasteiger partial charge in [0.15, 0.2) is 12.1 Å². The molecule has 0 saturated carbocycles. The molecule has 1 fully saturated rings. The summed E-state index contributed by atoms with van der Waals surface area (Å²) in [5.41, 5.74) is 0.333. The number of nitrogens with one attached hydrogen (secondary N) is 1. The lowest BCUT2D eigenvalue weighted by atomic mass is 10.1. The Hall–Kier alpha value is -3.40. The van der Waals surface area contributed by atoms with Crippen LogP contribution < -0.4 is 10.2 Å². The molecule has 2 aliphatic rings. The first kappa shape index (κ1) is 18.9. The molecule has 2 aromatic carbocycles. The number of anilines is 2. The zero-order valence-electron chi connectivity index (χ0n) is 14.6. The molecule has 148 valence electrons. The van der Waals surface area contributed by atoms with Crippen molar-refractivity contribution in [3.63, 3.8) is 0 Å². The molecule has 2 aromatic rings. The molecule has 3 amide bonds. The van der Waals surface area contributed by atoms with E-state index >= 15 is 0 Å². The van der Waals surface area contributed by atoms with Crippen molar-refractivity contribution < 1.29 is 23.2 Å². The predicted octanol–water partition coefficient (Wildman–Crippen LogP) is 2.55. The monoisotopic (exact) mass is 419 g/mol. The van der Waals surface area contributed by atoms with Crippen LogP contribution in [0.1, 0.15) is 0 Å². The van der Waals surface area contributed by atoms with Crippen LogP contribution >= 0.6 is 11.6 Å². The van der Waals surface area contributed by atoms with Gasteiger partial charge >= 0.3 is 0 Å². The average Bonchev–Trinajstić information content (AvgIpc) is 3.18. The van der Waals surface area contributed by atoms with E-state index < -0.39 is 41.4 Å². The van der Waals surface area contributed by atoms with Gasteiger partial charge in [0.05, 0.1) is 10.7 Å². The number of amides is 3. The van der Waals surface area contributed by atoms with E-state index in [4.69, 9.17) is 11.6 Å². The fourth-order valence-corrected chi connectivity index (χ4v) is 3.32. The Labute approximate surface area is 167 Å². The van der Waals surface area contributed by atoms with Crippen LogP contribution in [-0.2, 0) is 14.4 Å². The largest absolute Gasteiger partial charge is 0.324 e. The van der Waals surface area contributed by atoms with E-state index in [-0.39, 0.29) is 22.9 Å². The molecule has 0 radical (unpaired) electrons. The smallest absolute Gasteiger partial charge is 0.263 e. The summed E-state index contributed by atoms with van der Waals surface area (Å²) in [6.45, 7) is -0.377. The molecule has 8 nitrogen and oxygen atoms in total. The molecule has 0 spiro atoms. The lowest BCUT2D eigenvalue weighted by Crippen LogP contribution is -2.43. The Morgan fingerprint density at radius 3 is 2.66 bits per heavy atom. The minimum Gasteiger partial charge on any atom is -0.324 e. The first-order chi connectivity index (χ1) is 13.8. The number of imide groups is 1. The summed E-state index contributed by atoms with van der Waals surface area (Å²) in [6.07, 6.45) is 0. The number of benzene rings is 2. The Morgan fingerprint density at radius 1 is 1.14 bits per heavy atom. The molecule has 11 heteroatoms. The zero-order valence-corrected chi connectivity index (χ0v) is 15.3. The minimum absolute atomic E-state index is 0.0974. The van der Waals surface area contributed by atoms with Crippen molar-refractivity contribution in [2.75, 3.05) is 16.8 Å². The third kappa shape index (κ3) is 3.42. The molecule has 1 N–H and O–H groups in total. The van der Waals surface area contributed by atoms with E-state index in [1.54, 1.807) is 0 Å². The molecule has 0 aromatic heterocycles. The van der Waals surface area contributed by atoms with Gasteiger partial charge in [0.2, 0.25) is 5.91 Å². The van der Waals surface area contributed by atoms with E-state index in [2.05, 4.69) is 15.7 Å². The maximum atomic E-state index is 13.4. The summed E-state index contributed by atoms with van der Waals surface area (Å²) in [4.78, 5) is 38.5. The molecular formula is C18H12ClF2N5O3. The SMILES string of the molecule is O=C(CN1N=N[C@@H]2C(=O)N(c3ccc(F)c(Cl)c3)C(=O)[C@H]21)Nc1cccc(F)c1. The molecule has 0 aliphatic carbocycles. The second-order valence-corrected chi connectivity index (χ2v) is 6.77. The Kier molecular flexibility index (Phi) is 4.71. The number of carbonyl (C=O) groups excluding carboxylic acids is 3. The third-order valence-corrected chi connectivity index (χ3v) is 4.72. The van der Waals surface area contributed by atoms with Crippen LogP contribution in [0.5, 0.6) is 0 Å². The predicted molar refractivity (Wildman–Crippen MR) is 98.1 cm³/mol. The topological polar surface area (TPSA) is 94.4 Å². The lowest BCUT2D eigenvalue weighted by Gasteiger charge is -2.20. The van der Waals surface area contributed by atoms with Gasteiger partial charge in [0.1, 0.15) is 18.2 Å². The lowest BCUT2D eigenvalue weighted by molar-refractivity contribution is -0.123. The van der Waals surface area contributed by atoms with E-state index in [0.717, 1.165) is 28.1 Å².